The van der Waals surface area contributed by atoms with Gasteiger partial charge in [-0.25, -0.2) is 0 Å². The zero-order chi connectivity index (χ0) is 23.6. The molecule has 0 spiro atoms. The Kier molecular flexibility index (Phi) is 8.79. The van der Waals surface area contributed by atoms with Crippen molar-refractivity contribution in [2.45, 2.75) is 19.2 Å². The molecular formula is C28H34N2O4. The molecule has 1 atom stereocenters. The van der Waals surface area contributed by atoms with Crippen LogP contribution in [-0.4, -0.2) is 52.0 Å². The monoisotopic (exact) mass is 462 g/mol. The number of rotatable bonds is 11. The van der Waals surface area contributed by atoms with E-state index in [1.54, 1.807) is 14.2 Å². The molecule has 1 unspecified atom stereocenters. The molecule has 0 radical (unpaired) electrons. The number of ether oxygens (including phenoxy) is 4. The molecule has 0 aromatic heterocycles. The summed E-state index contributed by atoms with van der Waals surface area (Å²) in [5, 5.41) is 3.65. The number of morpholine rings is 1. The van der Waals surface area contributed by atoms with E-state index >= 15 is 0 Å². The zero-order valence-electron chi connectivity index (χ0n) is 20.0. The van der Waals surface area contributed by atoms with Crippen molar-refractivity contribution in [3.05, 3.63) is 89.5 Å². The molecular weight excluding hydrogens is 428 g/mol. The molecule has 6 nitrogen and oxygen atoms in total. The number of methoxy groups -OCH3 is 2. The van der Waals surface area contributed by atoms with Crippen LogP contribution in [-0.2, 0) is 17.9 Å². The van der Waals surface area contributed by atoms with Crippen molar-refractivity contribution in [1.29, 1.82) is 0 Å². The van der Waals surface area contributed by atoms with Gasteiger partial charge >= 0.3 is 0 Å². The quantitative estimate of drug-likeness (QED) is 0.455. The third-order valence-electron chi connectivity index (χ3n) is 6.12. The first-order valence-corrected chi connectivity index (χ1v) is 11.8. The summed E-state index contributed by atoms with van der Waals surface area (Å²) in [7, 11) is 3.37. The summed E-state index contributed by atoms with van der Waals surface area (Å²) in [6, 6.07) is 24.9. The molecule has 180 valence electrons. The van der Waals surface area contributed by atoms with Gasteiger partial charge < -0.3 is 24.3 Å². The fourth-order valence-electron chi connectivity index (χ4n) is 4.21. The van der Waals surface area contributed by atoms with Gasteiger partial charge in [-0.15, -0.1) is 0 Å². The van der Waals surface area contributed by atoms with E-state index in [1.807, 2.05) is 36.4 Å². The van der Waals surface area contributed by atoms with Gasteiger partial charge in [-0.1, -0.05) is 48.5 Å². The van der Waals surface area contributed by atoms with Crippen LogP contribution in [0.5, 0.6) is 17.2 Å². The largest absolute Gasteiger partial charge is 0.497 e. The third kappa shape index (κ3) is 6.50. The van der Waals surface area contributed by atoms with E-state index in [-0.39, 0.29) is 6.04 Å². The molecule has 3 aromatic rings. The SMILES string of the molecule is COc1ccc(C(CNCc2ccc(OC)c(OCc3ccccc3)c2)N2CCOCC2)cc1. The first kappa shape index (κ1) is 24.1. The average Bonchev–Trinajstić information content (AvgIpc) is 2.91. The number of hydrogen-bond acceptors (Lipinski definition) is 6. The van der Waals surface area contributed by atoms with Gasteiger partial charge in [0.1, 0.15) is 12.4 Å². The predicted octanol–water partition coefficient (Wildman–Crippen LogP) is 4.45. The minimum absolute atomic E-state index is 0.266. The molecule has 0 aliphatic carbocycles. The van der Waals surface area contributed by atoms with E-state index in [2.05, 4.69) is 46.6 Å². The summed E-state index contributed by atoms with van der Waals surface area (Å²) >= 11 is 0. The Bertz CT molecular complexity index is 1000. The Morgan fingerprint density at radius 1 is 0.853 bits per heavy atom. The van der Waals surface area contributed by atoms with E-state index in [0.29, 0.717) is 6.61 Å². The normalized spacial score (nSPS) is 15.0. The maximum atomic E-state index is 6.08. The lowest BCUT2D eigenvalue weighted by Crippen LogP contribution is -2.42. The standard InChI is InChI=1S/C28H34N2O4/c1-31-25-11-9-24(10-12-25)26(30-14-16-33-17-15-30)20-29-19-23-8-13-27(32-2)28(18-23)34-21-22-6-4-3-5-7-22/h3-13,18,26,29H,14-17,19-21H2,1-2H3. The summed E-state index contributed by atoms with van der Waals surface area (Å²) in [5.74, 6) is 2.37. The number of nitrogens with one attached hydrogen (secondary N) is 1. The Hall–Kier alpha value is -3.06. The molecule has 0 saturated carbocycles. The third-order valence-corrected chi connectivity index (χ3v) is 6.12. The van der Waals surface area contributed by atoms with Gasteiger partial charge in [0.2, 0.25) is 0 Å². The number of nitrogens with zero attached hydrogens (tertiary/aromatic N) is 1. The van der Waals surface area contributed by atoms with E-state index in [9.17, 15) is 0 Å². The molecule has 1 saturated heterocycles. The van der Waals surface area contributed by atoms with Crippen LogP contribution in [0.15, 0.2) is 72.8 Å². The predicted molar refractivity (Wildman–Crippen MR) is 134 cm³/mol. The first-order chi connectivity index (χ1) is 16.8. The summed E-state index contributed by atoms with van der Waals surface area (Å²) in [5.41, 5.74) is 3.55. The first-order valence-electron chi connectivity index (χ1n) is 11.8. The molecule has 3 aromatic carbocycles. The minimum atomic E-state index is 0.266. The van der Waals surface area contributed by atoms with Crippen molar-refractivity contribution in [2.24, 2.45) is 0 Å². The highest BCUT2D eigenvalue weighted by molar-refractivity contribution is 5.43. The second-order valence-corrected chi connectivity index (χ2v) is 8.33. The lowest BCUT2D eigenvalue weighted by Gasteiger charge is -2.35. The Labute approximate surface area is 202 Å². The van der Waals surface area contributed by atoms with Crippen LogP contribution >= 0.6 is 0 Å². The summed E-state index contributed by atoms with van der Waals surface area (Å²) in [6.45, 7) is 5.48. The van der Waals surface area contributed by atoms with Crippen LogP contribution in [0.1, 0.15) is 22.7 Å². The summed E-state index contributed by atoms with van der Waals surface area (Å²) < 4.78 is 22.5. The van der Waals surface area contributed by atoms with Crippen LogP contribution in [0.3, 0.4) is 0 Å². The van der Waals surface area contributed by atoms with Gasteiger partial charge in [0.25, 0.3) is 0 Å². The second-order valence-electron chi connectivity index (χ2n) is 8.33. The van der Waals surface area contributed by atoms with Crippen molar-refractivity contribution < 1.29 is 18.9 Å². The van der Waals surface area contributed by atoms with E-state index < -0.39 is 0 Å². The lowest BCUT2D eigenvalue weighted by atomic mass is 10.0. The van der Waals surface area contributed by atoms with Gasteiger partial charge in [-0.3, -0.25) is 4.90 Å². The number of hydrogen-bond donors (Lipinski definition) is 1. The van der Waals surface area contributed by atoms with Gasteiger partial charge in [-0.05, 0) is 41.0 Å². The Morgan fingerprint density at radius 3 is 2.32 bits per heavy atom. The molecule has 1 fully saturated rings. The maximum Gasteiger partial charge on any atom is 0.161 e. The molecule has 0 amide bonds. The van der Waals surface area contributed by atoms with E-state index in [1.165, 1.54) is 5.56 Å². The molecule has 1 N–H and O–H groups in total. The second kappa shape index (κ2) is 12.4. The molecule has 0 bridgehead atoms. The van der Waals surface area contributed by atoms with Gasteiger partial charge in [0, 0.05) is 32.2 Å². The molecule has 1 aliphatic rings. The Balaban J connectivity index is 1.40. The Morgan fingerprint density at radius 2 is 1.62 bits per heavy atom. The fraction of sp³-hybridized carbons (Fsp3) is 0.357. The minimum Gasteiger partial charge on any atom is -0.497 e. The summed E-state index contributed by atoms with van der Waals surface area (Å²) in [6.07, 6.45) is 0. The highest BCUT2D eigenvalue weighted by Gasteiger charge is 2.22. The molecule has 6 heteroatoms. The van der Waals surface area contributed by atoms with E-state index in [4.69, 9.17) is 18.9 Å². The fourth-order valence-corrected chi connectivity index (χ4v) is 4.21. The van der Waals surface area contributed by atoms with Crippen LogP contribution in [0.4, 0.5) is 0 Å². The van der Waals surface area contributed by atoms with Crippen LogP contribution in [0.25, 0.3) is 0 Å². The molecule has 1 heterocycles. The van der Waals surface area contributed by atoms with Crippen molar-refractivity contribution in [3.63, 3.8) is 0 Å². The van der Waals surface area contributed by atoms with Crippen LogP contribution in [0.2, 0.25) is 0 Å². The van der Waals surface area contributed by atoms with E-state index in [0.717, 1.165) is 67.8 Å². The number of benzene rings is 3. The van der Waals surface area contributed by atoms with Crippen LogP contribution in [0, 0.1) is 0 Å². The molecule has 34 heavy (non-hydrogen) atoms. The van der Waals surface area contributed by atoms with Gasteiger partial charge in [0.05, 0.1) is 27.4 Å². The lowest BCUT2D eigenvalue weighted by molar-refractivity contribution is 0.0161. The summed E-state index contributed by atoms with van der Waals surface area (Å²) in [4.78, 5) is 2.49. The van der Waals surface area contributed by atoms with Gasteiger partial charge in [-0.2, -0.15) is 0 Å². The van der Waals surface area contributed by atoms with Crippen molar-refractivity contribution in [2.75, 3.05) is 47.1 Å². The molecule has 4 rings (SSSR count). The van der Waals surface area contributed by atoms with Crippen molar-refractivity contribution in [1.82, 2.24) is 10.2 Å². The highest BCUT2D eigenvalue weighted by atomic mass is 16.5. The van der Waals surface area contributed by atoms with Crippen molar-refractivity contribution in [3.8, 4) is 17.2 Å². The maximum absolute atomic E-state index is 6.08. The van der Waals surface area contributed by atoms with Crippen LogP contribution < -0.4 is 19.5 Å². The van der Waals surface area contributed by atoms with Crippen molar-refractivity contribution >= 4 is 0 Å². The smallest absolute Gasteiger partial charge is 0.161 e. The topological polar surface area (TPSA) is 52.2 Å². The highest BCUT2D eigenvalue weighted by Crippen LogP contribution is 2.29. The average molecular weight is 463 g/mol. The van der Waals surface area contributed by atoms with Gasteiger partial charge in [0.15, 0.2) is 11.5 Å². The molecule has 1 aliphatic heterocycles. The zero-order valence-corrected chi connectivity index (χ0v) is 20.0.